The smallest absolute Gasteiger partial charge is 0.284 e. The molecule has 0 aromatic heterocycles. The Morgan fingerprint density at radius 3 is 2.50 bits per heavy atom. The third kappa shape index (κ3) is 4.54. The van der Waals surface area contributed by atoms with Crippen molar-refractivity contribution in [3.63, 3.8) is 0 Å². The molecule has 22 heavy (non-hydrogen) atoms. The average Bonchev–Trinajstić information content (AvgIpc) is 2.53. The quantitative estimate of drug-likeness (QED) is 0.323. The summed E-state index contributed by atoms with van der Waals surface area (Å²) in [5, 5.41) is 11.3. The summed E-state index contributed by atoms with van der Waals surface area (Å²) >= 11 is 7.14. The lowest BCUT2D eigenvalue weighted by atomic mass is 10.3. The van der Waals surface area contributed by atoms with Crippen LogP contribution in [-0.4, -0.2) is 24.4 Å². The van der Waals surface area contributed by atoms with Gasteiger partial charge in [-0.3, -0.25) is 10.1 Å². The van der Waals surface area contributed by atoms with Crippen LogP contribution in [0.25, 0.3) is 0 Å². The Hall–Kier alpha value is -1.92. The molecule has 0 unspecified atom stereocenters. The molecule has 2 aromatic carbocycles. The summed E-state index contributed by atoms with van der Waals surface area (Å²) in [5.74, 6) is 2.08. The van der Waals surface area contributed by atoms with Crippen LogP contribution in [0.4, 0.5) is 5.69 Å². The monoisotopic (exact) mass is 339 g/mol. The van der Waals surface area contributed by atoms with Gasteiger partial charge >= 0.3 is 0 Å². The standard InChI is InChI=1S/C15H14ClNO4S/c1-20-12-3-5-13(6-4-12)21-8-9-22-15-7-2-11(16)10-14(15)17(18)19/h2-7,10H,8-9H2,1H3. The van der Waals surface area contributed by atoms with E-state index in [4.69, 9.17) is 21.1 Å². The van der Waals surface area contributed by atoms with Gasteiger partial charge in [-0.25, -0.2) is 0 Å². The largest absolute Gasteiger partial charge is 0.497 e. The van der Waals surface area contributed by atoms with Crippen molar-refractivity contribution in [3.8, 4) is 11.5 Å². The first-order chi connectivity index (χ1) is 10.6. The van der Waals surface area contributed by atoms with Crippen molar-refractivity contribution in [1.29, 1.82) is 0 Å². The lowest BCUT2D eigenvalue weighted by molar-refractivity contribution is -0.387. The predicted octanol–water partition coefficient (Wildman–Crippen LogP) is 4.43. The van der Waals surface area contributed by atoms with Gasteiger partial charge in [-0.15, -0.1) is 11.8 Å². The van der Waals surface area contributed by atoms with Gasteiger partial charge in [-0.1, -0.05) is 11.6 Å². The molecule has 7 heteroatoms. The van der Waals surface area contributed by atoms with Gasteiger partial charge in [0.25, 0.3) is 5.69 Å². The second-order valence-corrected chi connectivity index (χ2v) is 5.81. The zero-order chi connectivity index (χ0) is 15.9. The van der Waals surface area contributed by atoms with Gasteiger partial charge in [0, 0.05) is 16.8 Å². The Morgan fingerprint density at radius 2 is 1.86 bits per heavy atom. The third-order valence-corrected chi connectivity index (χ3v) is 4.05. The molecule has 0 aliphatic carbocycles. The van der Waals surface area contributed by atoms with Crippen molar-refractivity contribution in [2.45, 2.75) is 4.90 Å². The van der Waals surface area contributed by atoms with Crippen LogP contribution < -0.4 is 9.47 Å². The number of nitrogens with zero attached hydrogens (tertiary/aromatic N) is 1. The molecule has 0 saturated carbocycles. The molecule has 116 valence electrons. The first-order valence-corrected chi connectivity index (χ1v) is 7.80. The third-order valence-electron chi connectivity index (χ3n) is 2.79. The molecule has 0 bridgehead atoms. The Labute approximate surface area is 137 Å². The van der Waals surface area contributed by atoms with Gasteiger partial charge in [0.1, 0.15) is 11.5 Å². The number of nitro benzene ring substituents is 1. The molecule has 5 nitrogen and oxygen atoms in total. The van der Waals surface area contributed by atoms with E-state index in [1.165, 1.54) is 17.8 Å². The van der Waals surface area contributed by atoms with E-state index in [0.717, 1.165) is 11.5 Å². The Balaban J connectivity index is 1.87. The minimum atomic E-state index is -0.432. The summed E-state index contributed by atoms with van der Waals surface area (Å²) in [6.45, 7) is 0.441. The van der Waals surface area contributed by atoms with Crippen molar-refractivity contribution >= 4 is 29.1 Å². The maximum atomic E-state index is 11.0. The van der Waals surface area contributed by atoms with E-state index >= 15 is 0 Å². The molecule has 0 aliphatic rings. The van der Waals surface area contributed by atoms with Crippen molar-refractivity contribution in [2.75, 3.05) is 19.5 Å². The van der Waals surface area contributed by atoms with Crippen molar-refractivity contribution in [1.82, 2.24) is 0 Å². The molecule has 0 saturated heterocycles. The average molecular weight is 340 g/mol. The van der Waals surface area contributed by atoms with Gasteiger partial charge in [0.2, 0.25) is 0 Å². The molecule has 0 N–H and O–H groups in total. The van der Waals surface area contributed by atoms with Crippen LogP contribution in [-0.2, 0) is 0 Å². The second-order valence-electron chi connectivity index (χ2n) is 4.24. The van der Waals surface area contributed by atoms with Crippen molar-refractivity contribution in [2.24, 2.45) is 0 Å². The van der Waals surface area contributed by atoms with E-state index in [1.807, 2.05) is 24.3 Å². The fourth-order valence-corrected chi connectivity index (χ4v) is 2.74. The van der Waals surface area contributed by atoms with Gasteiger partial charge in [0.05, 0.1) is 23.5 Å². The van der Waals surface area contributed by atoms with Crippen LogP contribution in [0.3, 0.4) is 0 Å². The van der Waals surface area contributed by atoms with E-state index < -0.39 is 4.92 Å². The van der Waals surface area contributed by atoms with Gasteiger partial charge in [0.15, 0.2) is 0 Å². The molecule has 0 aliphatic heterocycles. The molecular weight excluding hydrogens is 326 g/mol. The zero-order valence-corrected chi connectivity index (χ0v) is 13.4. The second kappa shape index (κ2) is 7.91. The van der Waals surface area contributed by atoms with E-state index in [-0.39, 0.29) is 5.69 Å². The highest BCUT2D eigenvalue weighted by Gasteiger charge is 2.14. The molecule has 0 radical (unpaired) electrons. The first kappa shape index (κ1) is 16.5. The molecule has 0 spiro atoms. The number of ether oxygens (including phenoxy) is 2. The minimum Gasteiger partial charge on any atom is -0.497 e. The van der Waals surface area contributed by atoms with Crippen LogP contribution in [0.5, 0.6) is 11.5 Å². The van der Waals surface area contributed by atoms with E-state index in [9.17, 15) is 10.1 Å². The zero-order valence-electron chi connectivity index (χ0n) is 11.8. The van der Waals surface area contributed by atoms with Crippen LogP contribution in [0.15, 0.2) is 47.4 Å². The summed E-state index contributed by atoms with van der Waals surface area (Å²) in [6.07, 6.45) is 0. The first-order valence-electron chi connectivity index (χ1n) is 6.44. The number of halogens is 1. The molecular formula is C15H14ClNO4S. The molecule has 0 amide bonds. The number of hydrogen-bond acceptors (Lipinski definition) is 5. The fourth-order valence-electron chi connectivity index (χ4n) is 1.74. The highest BCUT2D eigenvalue weighted by Crippen LogP contribution is 2.31. The Kier molecular flexibility index (Phi) is 5.91. The lowest BCUT2D eigenvalue weighted by Crippen LogP contribution is -2.00. The maximum absolute atomic E-state index is 11.0. The number of benzene rings is 2. The summed E-state index contributed by atoms with van der Waals surface area (Å²) in [4.78, 5) is 11.1. The van der Waals surface area contributed by atoms with E-state index in [0.29, 0.717) is 22.3 Å². The predicted molar refractivity (Wildman–Crippen MR) is 87.3 cm³/mol. The van der Waals surface area contributed by atoms with Crippen molar-refractivity contribution in [3.05, 3.63) is 57.6 Å². The highest BCUT2D eigenvalue weighted by molar-refractivity contribution is 7.99. The van der Waals surface area contributed by atoms with Crippen LogP contribution >= 0.6 is 23.4 Å². The van der Waals surface area contributed by atoms with Gasteiger partial charge in [-0.2, -0.15) is 0 Å². The van der Waals surface area contributed by atoms with Crippen LogP contribution in [0.1, 0.15) is 0 Å². The van der Waals surface area contributed by atoms with Crippen molar-refractivity contribution < 1.29 is 14.4 Å². The number of hydrogen-bond donors (Lipinski definition) is 0. The molecule has 0 heterocycles. The Bertz CT molecular complexity index is 648. The molecule has 2 rings (SSSR count). The minimum absolute atomic E-state index is 0.0157. The van der Waals surface area contributed by atoms with E-state index in [1.54, 1.807) is 19.2 Å². The topological polar surface area (TPSA) is 61.6 Å². The molecule has 0 fully saturated rings. The molecule has 0 atom stereocenters. The molecule has 2 aromatic rings. The van der Waals surface area contributed by atoms with Crippen LogP contribution in [0, 0.1) is 10.1 Å². The summed E-state index contributed by atoms with van der Waals surface area (Å²) in [7, 11) is 1.60. The summed E-state index contributed by atoms with van der Waals surface area (Å²) < 4.78 is 10.6. The highest BCUT2D eigenvalue weighted by atomic mass is 35.5. The fraction of sp³-hybridized carbons (Fsp3) is 0.200. The number of rotatable bonds is 7. The van der Waals surface area contributed by atoms with Gasteiger partial charge < -0.3 is 9.47 Å². The number of thioether (sulfide) groups is 1. The summed E-state index contributed by atoms with van der Waals surface area (Å²) in [5.41, 5.74) is 0.0157. The van der Waals surface area contributed by atoms with Crippen LogP contribution in [0.2, 0.25) is 5.02 Å². The Morgan fingerprint density at radius 1 is 1.18 bits per heavy atom. The maximum Gasteiger partial charge on any atom is 0.284 e. The number of methoxy groups -OCH3 is 1. The summed E-state index contributed by atoms with van der Waals surface area (Å²) in [6, 6.07) is 11.9. The number of nitro groups is 1. The van der Waals surface area contributed by atoms with Gasteiger partial charge in [-0.05, 0) is 36.4 Å². The normalized spacial score (nSPS) is 10.3. The SMILES string of the molecule is COc1ccc(OCCSc2ccc(Cl)cc2[N+](=O)[O-])cc1. The lowest BCUT2D eigenvalue weighted by Gasteiger charge is -2.07. The van der Waals surface area contributed by atoms with E-state index in [2.05, 4.69) is 0 Å².